The first kappa shape index (κ1) is 22.3. The summed E-state index contributed by atoms with van der Waals surface area (Å²) in [5, 5.41) is 2.77. The summed E-state index contributed by atoms with van der Waals surface area (Å²) in [6.07, 6.45) is -1.10. The number of ketones is 1. The highest BCUT2D eigenvalue weighted by Gasteiger charge is 2.56. The Morgan fingerprint density at radius 2 is 1.71 bits per heavy atom. The second-order valence-corrected chi connectivity index (χ2v) is 8.29. The molecular weight excluding hydrogens is 398 g/mol. The van der Waals surface area contributed by atoms with Crippen molar-refractivity contribution in [3.8, 4) is 5.75 Å². The summed E-state index contributed by atoms with van der Waals surface area (Å²) in [5.74, 6) is -0.652. The van der Waals surface area contributed by atoms with E-state index in [4.69, 9.17) is 14.2 Å². The van der Waals surface area contributed by atoms with Gasteiger partial charge in [0.2, 0.25) is 11.4 Å². The summed E-state index contributed by atoms with van der Waals surface area (Å²) in [6, 6.07) is 14.7. The fourth-order valence-corrected chi connectivity index (χ4v) is 3.59. The Bertz CT molecular complexity index is 966. The second kappa shape index (κ2) is 8.79. The molecule has 0 radical (unpaired) electrons. The molecule has 0 saturated carbocycles. The van der Waals surface area contributed by atoms with Crippen LogP contribution in [0, 0.1) is 0 Å². The first-order valence-electron chi connectivity index (χ1n) is 10.2. The number of esters is 1. The average molecular weight is 425 g/mol. The summed E-state index contributed by atoms with van der Waals surface area (Å²) < 4.78 is 16.7. The number of rotatable bonds is 6. The third-order valence-electron chi connectivity index (χ3n) is 4.78. The molecule has 3 rings (SSSR count). The van der Waals surface area contributed by atoms with Crippen LogP contribution in [-0.2, 0) is 14.3 Å². The third kappa shape index (κ3) is 4.87. The maximum atomic E-state index is 13.6. The lowest BCUT2D eigenvalue weighted by molar-refractivity contribution is -0.147. The van der Waals surface area contributed by atoms with Crippen molar-refractivity contribution in [1.29, 1.82) is 0 Å². The smallest absolute Gasteiger partial charge is 0.408 e. The zero-order chi connectivity index (χ0) is 22.6. The van der Waals surface area contributed by atoms with Gasteiger partial charge in [0.25, 0.3) is 0 Å². The van der Waals surface area contributed by atoms with E-state index in [0.29, 0.717) is 16.9 Å². The van der Waals surface area contributed by atoms with Crippen LogP contribution < -0.4 is 10.1 Å². The number of hydrogen-bond donors (Lipinski definition) is 1. The normalized spacial score (nSPS) is 18.5. The van der Waals surface area contributed by atoms with Crippen molar-refractivity contribution in [2.45, 2.75) is 51.4 Å². The number of amides is 1. The molecule has 0 unspecified atom stereocenters. The molecule has 0 bridgehead atoms. The molecule has 0 saturated heterocycles. The average Bonchev–Trinajstić information content (AvgIpc) is 2.98. The van der Waals surface area contributed by atoms with Gasteiger partial charge in [-0.25, -0.2) is 4.79 Å². The molecule has 0 fully saturated rings. The highest BCUT2D eigenvalue weighted by atomic mass is 16.6. The monoisotopic (exact) mass is 425 g/mol. The standard InChI is InChI=1S/C24H27NO6/c1-5-29-19(26)15-24(21(27)17-13-9-10-14-18(17)30-24)20(16-11-7-6-8-12-16)25-22(28)31-23(2,3)4/h6-14,20H,5,15H2,1-4H3,(H,25,28)/t20-,24+/m1/s1. The van der Waals surface area contributed by atoms with E-state index >= 15 is 0 Å². The summed E-state index contributed by atoms with van der Waals surface area (Å²) >= 11 is 0. The summed E-state index contributed by atoms with van der Waals surface area (Å²) in [6.45, 7) is 7.07. The molecule has 2 atom stereocenters. The fraction of sp³-hybridized carbons (Fsp3) is 0.375. The van der Waals surface area contributed by atoms with E-state index in [1.165, 1.54) is 0 Å². The molecule has 7 nitrogen and oxygen atoms in total. The number of hydrogen-bond acceptors (Lipinski definition) is 6. The van der Waals surface area contributed by atoms with Gasteiger partial charge in [-0.2, -0.15) is 0 Å². The van der Waals surface area contributed by atoms with Gasteiger partial charge in [0.1, 0.15) is 17.4 Å². The van der Waals surface area contributed by atoms with E-state index < -0.39 is 35.1 Å². The van der Waals surface area contributed by atoms with Crippen molar-refractivity contribution in [2.24, 2.45) is 0 Å². The lowest BCUT2D eigenvalue weighted by atomic mass is 9.81. The Kier molecular flexibility index (Phi) is 6.34. The summed E-state index contributed by atoms with van der Waals surface area (Å²) in [4.78, 5) is 38.9. The Labute approximate surface area is 181 Å². The summed E-state index contributed by atoms with van der Waals surface area (Å²) in [7, 11) is 0. The maximum absolute atomic E-state index is 13.6. The van der Waals surface area contributed by atoms with E-state index in [9.17, 15) is 14.4 Å². The van der Waals surface area contributed by atoms with E-state index in [2.05, 4.69) is 5.32 Å². The fourth-order valence-electron chi connectivity index (χ4n) is 3.59. The van der Waals surface area contributed by atoms with Gasteiger partial charge in [-0.05, 0) is 45.4 Å². The SMILES string of the molecule is CCOC(=O)C[C@@]1([C@H](NC(=O)OC(C)(C)C)c2ccccc2)Oc2ccccc2C1=O. The molecule has 0 spiro atoms. The Hall–Kier alpha value is -3.35. The van der Waals surface area contributed by atoms with Crippen LogP contribution in [0.3, 0.4) is 0 Å². The number of para-hydroxylation sites is 1. The Morgan fingerprint density at radius 3 is 2.32 bits per heavy atom. The van der Waals surface area contributed by atoms with Crippen molar-refractivity contribution in [3.63, 3.8) is 0 Å². The van der Waals surface area contributed by atoms with Crippen LogP contribution in [0.5, 0.6) is 5.75 Å². The predicted octanol–water partition coefficient (Wildman–Crippen LogP) is 4.22. The number of Topliss-reactive ketones (excluding diaryl/α,β-unsaturated/α-hetero) is 1. The van der Waals surface area contributed by atoms with Gasteiger partial charge in [0.15, 0.2) is 0 Å². The minimum atomic E-state index is -1.71. The van der Waals surface area contributed by atoms with Gasteiger partial charge in [0.05, 0.1) is 18.6 Å². The van der Waals surface area contributed by atoms with Crippen LogP contribution in [-0.4, -0.2) is 35.7 Å². The van der Waals surface area contributed by atoms with E-state index in [1.54, 1.807) is 76.2 Å². The number of nitrogens with one attached hydrogen (secondary N) is 1. The van der Waals surface area contributed by atoms with Crippen LogP contribution in [0.4, 0.5) is 4.79 Å². The number of fused-ring (bicyclic) bond motifs is 1. The van der Waals surface area contributed by atoms with Crippen molar-refractivity contribution in [1.82, 2.24) is 5.32 Å². The second-order valence-electron chi connectivity index (χ2n) is 8.29. The zero-order valence-electron chi connectivity index (χ0n) is 18.1. The summed E-state index contributed by atoms with van der Waals surface area (Å²) in [5.41, 5.74) is -1.52. The van der Waals surface area contributed by atoms with Gasteiger partial charge < -0.3 is 19.5 Å². The topological polar surface area (TPSA) is 90.9 Å². The molecule has 7 heteroatoms. The van der Waals surface area contributed by atoms with E-state index in [0.717, 1.165) is 0 Å². The van der Waals surface area contributed by atoms with E-state index in [1.807, 2.05) is 6.07 Å². The van der Waals surface area contributed by atoms with Crippen molar-refractivity contribution in [2.75, 3.05) is 6.61 Å². The Morgan fingerprint density at radius 1 is 1.06 bits per heavy atom. The number of alkyl carbamates (subject to hydrolysis) is 1. The molecule has 0 aromatic heterocycles. The van der Waals surface area contributed by atoms with Crippen molar-refractivity contribution in [3.05, 3.63) is 65.7 Å². The largest absolute Gasteiger partial charge is 0.475 e. The van der Waals surface area contributed by atoms with Crippen molar-refractivity contribution >= 4 is 17.8 Å². The zero-order valence-corrected chi connectivity index (χ0v) is 18.1. The lowest BCUT2D eigenvalue weighted by Gasteiger charge is -2.36. The van der Waals surface area contributed by atoms with Crippen molar-refractivity contribution < 1.29 is 28.6 Å². The Balaban J connectivity index is 2.09. The molecule has 1 amide bonds. The van der Waals surface area contributed by atoms with Crippen LogP contribution in [0.2, 0.25) is 0 Å². The number of benzene rings is 2. The minimum Gasteiger partial charge on any atom is -0.475 e. The minimum absolute atomic E-state index is 0.158. The first-order chi connectivity index (χ1) is 14.7. The number of carbonyl (C=O) groups excluding carboxylic acids is 3. The third-order valence-corrected chi connectivity index (χ3v) is 4.78. The van der Waals surface area contributed by atoms with Crippen LogP contribution in [0.1, 0.15) is 56.1 Å². The molecular formula is C24H27NO6. The molecule has 164 valence electrons. The number of carbonyl (C=O) groups is 3. The molecule has 31 heavy (non-hydrogen) atoms. The quantitative estimate of drug-likeness (QED) is 0.697. The van der Waals surface area contributed by atoms with Crippen LogP contribution in [0.25, 0.3) is 0 Å². The maximum Gasteiger partial charge on any atom is 0.408 e. The molecule has 2 aromatic carbocycles. The first-order valence-corrected chi connectivity index (χ1v) is 10.2. The molecule has 1 N–H and O–H groups in total. The van der Waals surface area contributed by atoms with E-state index in [-0.39, 0.29) is 13.0 Å². The number of ether oxygens (including phenoxy) is 3. The van der Waals surface area contributed by atoms with Gasteiger partial charge in [-0.3, -0.25) is 9.59 Å². The van der Waals surface area contributed by atoms with Gasteiger partial charge in [-0.15, -0.1) is 0 Å². The van der Waals surface area contributed by atoms with Gasteiger partial charge in [-0.1, -0.05) is 42.5 Å². The van der Waals surface area contributed by atoms with Gasteiger partial charge in [0, 0.05) is 0 Å². The highest BCUT2D eigenvalue weighted by Crippen LogP contribution is 2.44. The molecule has 1 aliphatic heterocycles. The molecule has 0 aliphatic carbocycles. The molecule has 1 heterocycles. The van der Waals surface area contributed by atoms with Crippen LogP contribution in [0.15, 0.2) is 54.6 Å². The van der Waals surface area contributed by atoms with Crippen LogP contribution >= 0.6 is 0 Å². The molecule has 2 aromatic rings. The predicted molar refractivity (Wildman–Crippen MR) is 114 cm³/mol. The highest BCUT2D eigenvalue weighted by molar-refractivity contribution is 6.09. The lowest BCUT2D eigenvalue weighted by Crippen LogP contribution is -2.54. The van der Waals surface area contributed by atoms with Gasteiger partial charge >= 0.3 is 12.1 Å². The molecule has 1 aliphatic rings.